The summed E-state index contributed by atoms with van der Waals surface area (Å²) in [6.07, 6.45) is 4.15. The van der Waals surface area contributed by atoms with Crippen molar-refractivity contribution in [1.29, 1.82) is 0 Å². The van der Waals surface area contributed by atoms with Gasteiger partial charge >= 0.3 is 0 Å². The van der Waals surface area contributed by atoms with Crippen molar-refractivity contribution in [2.75, 3.05) is 0 Å². The smallest absolute Gasteiger partial charge is 0.159 e. The van der Waals surface area contributed by atoms with Crippen molar-refractivity contribution in [3.8, 4) is 0 Å². The zero-order chi connectivity index (χ0) is 7.97. The van der Waals surface area contributed by atoms with Crippen molar-refractivity contribution in [2.45, 2.75) is 19.4 Å². The van der Waals surface area contributed by atoms with E-state index in [2.05, 4.69) is 14.5 Å². The van der Waals surface area contributed by atoms with Crippen LogP contribution in [-0.4, -0.2) is 14.5 Å². The number of aryl methyl sites for hydroxylation is 2. The maximum absolute atomic E-state index is 4.49. The molecule has 2 aromatic rings. The molecule has 0 bridgehead atoms. The molecule has 2 aromatic heterocycles. The van der Waals surface area contributed by atoms with Gasteiger partial charge in [-0.3, -0.25) is 0 Å². The molecule has 60 valence electrons. The fourth-order valence-corrected chi connectivity index (χ4v) is 1.83. The lowest BCUT2D eigenvalue weighted by molar-refractivity contribution is 0.764. The van der Waals surface area contributed by atoms with Crippen LogP contribution in [0, 0.1) is 0 Å². The molecule has 0 saturated carbocycles. The van der Waals surface area contributed by atoms with Crippen LogP contribution in [0.15, 0.2) is 18.3 Å². The van der Waals surface area contributed by atoms with Crippen LogP contribution < -0.4 is 0 Å². The highest BCUT2D eigenvalue weighted by molar-refractivity contribution is 5.71. The molecule has 1 aliphatic heterocycles. The Bertz CT molecular complexity index is 430. The van der Waals surface area contributed by atoms with Gasteiger partial charge in [-0.1, -0.05) is 0 Å². The number of fused-ring (bicyclic) bond motifs is 3. The van der Waals surface area contributed by atoms with Gasteiger partial charge in [0.1, 0.15) is 11.3 Å². The Kier molecular flexibility index (Phi) is 1.06. The van der Waals surface area contributed by atoms with Gasteiger partial charge in [-0.05, 0) is 18.6 Å². The SMILES string of the molecule is c1cnc2c(c1)nc1n2CCC1. The topological polar surface area (TPSA) is 30.7 Å². The molecule has 0 aliphatic carbocycles. The van der Waals surface area contributed by atoms with Gasteiger partial charge in [0.2, 0.25) is 0 Å². The first kappa shape index (κ1) is 6.17. The van der Waals surface area contributed by atoms with Crippen LogP contribution in [0.5, 0.6) is 0 Å². The van der Waals surface area contributed by atoms with E-state index in [1.807, 2.05) is 18.3 Å². The third kappa shape index (κ3) is 0.656. The molecule has 0 fully saturated rings. The maximum Gasteiger partial charge on any atom is 0.159 e. The second-order valence-electron chi connectivity index (χ2n) is 3.13. The zero-order valence-electron chi connectivity index (χ0n) is 6.70. The number of imidazole rings is 1. The van der Waals surface area contributed by atoms with Crippen molar-refractivity contribution in [1.82, 2.24) is 14.5 Å². The minimum Gasteiger partial charge on any atom is -0.313 e. The highest BCUT2D eigenvalue weighted by Crippen LogP contribution is 2.20. The summed E-state index contributed by atoms with van der Waals surface area (Å²) in [7, 11) is 0. The van der Waals surface area contributed by atoms with E-state index in [0.29, 0.717) is 0 Å². The average Bonchev–Trinajstić information content (AvgIpc) is 2.62. The first-order valence-corrected chi connectivity index (χ1v) is 4.25. The van der Waals surface area contributed by atoms with E-state index in [9.17, 15) is 0 Å². The summed E-state index contributed by atoms with van der Waals surface area (Å²) in [6.45, 7) is 1.09. The van der Waals surface area contributed by atoms with Gasteiger partial charge in [0.25, 0.3) is 0 Å². The van der Waals surface area contributed by atoms with Crippen molar-refractivity contribution in [3.63, 3.8) is 0 Å². The molecule has 0 atom stereocenters. The molecule has 0 radical (unpaired) electrons. The summed E-state index contributed by atoms with van der Waals surface area (Å²) in [5.74, 6) is 1.20. The second-order valence-corrected chi connectivity index (χ2v) is 3.13. The van der Waals surface area contributed by atoms with Gasteiger partial charge in [0, 0.05) is 19.2 Å². The highest BCUT2D eigenvalue weighted by atomic mass is 15.1. The van der Waals surface area contributed by atoms with E-state index in [1.54, 1.807) is 0 Å². The molecule has 0 N–H and O–H groups in total. The largest absolute Gasteiger partial charge is 0.313 e. The molecule has 0 aromatic carbocycles. The fraction of sp³-hybridized carbons (Fsp3) is 0.333. The number of nitrogens with zero attached hydrogens (tertiary/aromatic N) is 3. The lowest BCUT2D eigenvalue weighted by Crippen LogP contribution is -1.92. The van der Waals surface area contributed by atoms with Crippen molar-refractivity contribution >= 4 is 11.2 Å². The van der Waals surface area contributed by atoms with Gasteiger partial charge < -0.3 is 4.57 Å². The van der Waals surface area contributed by atoms with E-state index in [4.69, 9.17) is 0 Å². The summed E-state index contributed by atoms with van der Waals surface area (Å²) in [5, 5.41) is 0. The lowest BCUT2D eigenvalue weighted by atomic mass is 10.3. The molecule has 3 heterocycles. The van der Waals surface area contributed by atoms with Crippen LogP contribution in [0.25, 0.3) is 11.2 Å². The van der Waals surface area contributed by atoms with E-state index < -0.39 is 0 Å². The Balaban J connectivity index is 2.44. The monoisotopic (exact) mass is 159 g/mol. The Morgan fingerprint density at radius 1 is 1.42 bits per heavy atom. The Morgan fingerprint density at radius 2 is 2.42 bits per heavy atom. The summed E-state index contributed by atoms with van der Waals surface area (Å²) in [5.41, 5.74) is 2.08. The van der Waals surface area contributed by atoms with Crippen molar-refractivity contribution < 1.29 is 0 Å². The van der Waals surface area contributed by atoms with Gasteiger partial charge in [-0.15, -0.1) is 0 Å². The van der Waals surface area contributed by atoms with Crippen LogP contribution >= 0.6 is 0 Å². The minimum atomic E-state index is 1.03. The fourth-order valence-electron chi connectivity index (χ4n) is 1.83. The second kappa shape index (κ2) is 2.06. The lowest BCUT2D eigenvalue weighted by Gasteiger charge is -1.94. The normalized spacial score (nSPS) is 15.3. The predicted octanol–water partition coefficient (Wildman–Crippen LogP) is 1.38. The zero-order valence-corrected chi connectivity index (χ0v) is 6.70. The standard InChI is InChI=1S/C9H9N3/c1-3-7-9(10-5-1)12-6-2-4-8(12)11-7/h1,3,5H,2,4,6H2. The van der Waals surface area contributed by atoms with Crippen LogP contribution in [0.4, 0.5) is 0 Å². The van der Waals surface area contributed by atoms with Crippen LogP contribution in [0.1, 0.15) is 12.2 Å². The summed E-state index contributed by atoms with van der Waals surface area (Å²) < 4.78 is 2.22. The first-order chi connectivity index (χ1) is 5.95. The number of rotatable bonds is 0. The van der Waals surface area contributed by atoms with E-state index >= 15 is 0 Å². The number of pyridine rings is 1. The van der Waals surface area contributed by atoms with Crippen molar-refractivity contribution in [2.24, 2.45) is 0 Å². The maximum atomic E-state index is 4.49. The Hall–Kier alpha value is -1.38. The molecule has 12 heavy (non-hydrogen) atoms. The summed E-state index contributed by atoms with van der Waals surface area (Å²) in [6, 6.07) is 3.96. The molecule has 3 heteroatoms. The van der Waals surface area contributed by atoms with Gasteiger partial charge in [0.05, 0.1) is 0 Å². The number of hydrogen-bond donors (Lipinski definition) is 0. The van der Waals surface area contributed by atoms with E-state index in [1.165, 1.54) is 12.2 Å². The molecule has 1 aliphatic rings. The summed E-state index contributed by atoms with van der Waals surface area (Å²) in [4.78, 5) is 8.81. The quantitative estimate of drug-likeness (QED) is 0.581. The average molecular weight is 159 g/mol. The number of aromatic nitrogens is 3. The van der Waals surface area contributed by atoms with E-state index in [-0.39, 0.29) is 0 Å². The van der Waals surface area contributed by atoms with E-state index in [0.717, 1.165) is 24.1 Å². The van der Waals surface area contributed by atoms with Crippen LogP contribution in [-0.2, 0) is 13.0 Å². The minimum absolute atomic E-state index is 1.03. The Morgan fingerprint density at radius 3 is 3.42 bits per heavy atom. The molecular formula is C9H9N3. The third-order valence-electron chi connectivity index (χ3n) is 2.36. The highest BCUT2D eigenvalue weighted by Gasteiger charge is 2.15. The first-order valence-electron chi connectivity index (χ1n) is 4.25. The summed E-state index contributed by atoms with van der Waals surface area (Å²) >= 11 is 0. The Labute approximate surface area is 70.1 Å². The van der Waals surface area contributed by atoms with Gasteiger partial charge in [-0.2, -0.15) is 0 Å². The molecule has 0 amide bonds. The molecule has 0 spiro atoms. The van der Waals surface area contributed by atoms with Crippen LogP contribution in [0.3, 0.4) is 0 Å². The molecule has 3 nitrogen and oxygen atoms in total. The number of hydrogen-bond acceptors (Lipinski definition) is 2. The van der Waals surface area contributed by atoms with Crippen LogP contribution in [0.2, 0.25) is 0 Å². The molecular weight excluding hydrogens is 150 g/mol. The van der Waals surface area contributed by atoms with Gasteiger partial charge in [-0.25, -0.2) is 9.97 Å². The molecule has 0 unspecified atom stereocenters. The van der Waals surface area contributed by atoms with Crippen molar-refractivity contribution in [3.05, 3.63) is 24.2 Å². The van der Waals surface area contributed by atoms with Gasteiger partial charge in [0.15, 0.2) is 5.65 Å². The predicted molar refractivity (Wildman–Crippen MR) is 45.8 cm³/mol. The molecule has 0 saturated heterocycles. The third-order valence-corrected chi connectivity index (χ3v) is 2.36. The molecule has 3 rings (SSSR count).